The van der Waals surface area contributed by atoms with E-state index >= 15 is 0 Å². The molecule has 118 valence electrons. The van der Waals surface area contributed by atoms with Crippen molar-refractivity contribution in [3.63, 3.8) is 0 Å². The van der Waals surface area contributed by atoms with Crippen LogP contribution in [0.15, 0.2) is 12.4 Å². The molecule has 0 unspecified atom stereocenters. The Morgan fingerprint density at radius 3 is 2.76 bits per heavy atom. The second-order valence-corrected chi connectivity index (χ2v) is 4.41. The zero-order valence-electron chi connectivity index (χ0n) is 12.0. The van der Waals surface area contributed by atoms with Crippen LogP contribution in [-0.4, -0.2) is 33.1 Å². The van der Waals surface area contributed by atoms with Crippen molar-refractivity contribution >= 4 is 18.1 Å². The van der Waals surface area contributed by atoms with Crippen molar-refractivity contribution in [3.05, 3.63) is 23.7 Å². The second-order valence-electron chi connectivity index (χ2n) is 4.41. The molecule has 1 N–H and O–H groups in total. The molecule has 0 bridgehead atoms. The minimum atomic E-state index is -2.41. The highest BCUT2D eigenvalue weighted by atomic mass is 35.5. The van der Waals surface area contributed by atoms with Gasteiger partial charge in [-0.3, -0.25) is 9.36 Å². The first kappa shape index (κ1) is 17.2. The van der Waals surface area contributed by atoms with E-state index in [1.807, 2.05) is 0 Å². The van der Waals surface area contributed by atoms with Crippen molar-refractivity contribution in [2.45, 2.75) is 26.4 Å². The smallest absolute Gasteiger partial charge is 0.257 e. The minimum absolute atomic E-state index is 0. The molecule has 0 spiro atoms. The quantitative estimate of drug-likeness (QED) is 0.886. The van der Waals surface area contributed by atoms with Crippen molar-refractivity contribution < 1.29 is 13.5 Å². The number of methoxy groups -OCH3 is 1. The van der Waals surface area contributed by atoms with Crippen LogP contribution in [0.3, 0.4) is 0 Å². The number of ether oxygens (including phenoxy) is 1. The van der Waals surface area contributed by atoms with E-state index < -0.39 is 6.43 Å². The molecule has 2 aromatic rings. The normalized spacial score (nSPS) is 10.6. The lowest BCUT2D eigenvalue weighted by Crippen LogP contribution is -2.10. The molecule has 0 aromatic carbocycles. The Bertz CT molecular complexity index is 584. The number of hydrogen-bond donors (Lipinski definition) is 1. The van der Waals surface area contributed by atoms with Crippen molar-refractivity contribution in [2.75, 3.05) is 12.4 Å². The fourth-order valence-corrected chi connectivity index (χ4v) is 1.90. The van der Waals surface area contributed by atoms with Crippen molar-refractivity contribution in [3.8, 4) is 5.88 Å². The first-order valence-electron chi connectivity index (χ1n) is 6.12. The van der Waals surface area contributed by atoms with Crippen LogP contribution < -0.4 is 10.1 Å². The molecule has 21 heavy (non-hydrogen) atoms. The molecule has 0 aliphatic heterocycles. The molecule has 0 radical (unpaired) electrons. The maximum absolute atomic E-state index is 12.4. The standard InChI is InChI=1S/C12H17F2N5O.ClH/c1-8-9(5-16-19(8)7-11(13)14)4-15-10-6-18(2)17-12(10)20-3;/h5-6,11,15H,4,7H2,1-3H3;1H. The van der Waals surface area contributed by atoms with Crippen LogP contribution >= 0.6 is 12.4 Å². The van der Waals surface area contributed by atoms with E-state index in [1.165, 1.54) is 4.68 Å². The summed E-state index contributed by atoms with van der Waals surface area (Å²) < 4.78 is 32.8. The average Bonchev–Trinajstić information content (AvgIpc) is 2.91. The summed E-state index contributed by atoms with van der Waals surface area (Å²) in [5, 5.41) is 11.2. The molecule has 6 nitrogen and oxygen atoms in total. The lowest BCUT2D eigenvalue weighted by molar-refractivity contribution is 0.121. The number of nitrogens with one attached hydrogen (secondary N) is 1. The van der Waals surface area contributed by atoms with Gasteiger partial charge < -0.3 is 10.1 Å². The van der Waals surface area contributed by atoms with Gasteiger partial charge in [0.05, 0.1) is 19.5 Å². The van der Waals surface area contributed by atoms with Gasteiger partial charge in [0, 0.05) is 24.8 Å². The highest BCUT2D eigenvalue weighted by Crippen LogP contribution is 2.22. The van der Waals surface area contributed by atoms with E-state index in [2.05, 4.69) is 15.5 Å². The van der Waals surface area contributed by atoms with E-state index in [4.69, 9.17) is 4.74 Å². The summed E-state index contributed by atoms with van der Waals surface area (Å²) in [6, 6.07) is 0. The summed E-state index contributed by atoms with van der Waals surface area (Å²) in [5.41, 5.74) is 2.33. The maximum atomic E-state index is 12.4. The summed E-state index contributed by atoms with van der Waals surface area (Å²) in [6.07, 6.45) is 0.971. The lowest BCUT2D eigenvalue weighted by atomic mass is 10.2. The van der Waals surface area contributed by atoms with Gasteiger partial charge in [0.2, 0.25) is 0 Å². The SMILES string of the molecule is COc1nn(C)cc1NCc1cnn(CC(F)F)c1C.Cl. The van der Waals surface area contributed by atoms with Gasteiger partial charge in [-0.05, 0) is 6.92 Å². The van der Waals surface area contributed by atoms with E-state index in [0.717, 1.165) is 16.9 Å². The Balaban J connectivity index is 0.00000220. The highest BCUT2D eigenvalue weighted by molar-refractivity contribution is 5.85. The fourth-order valence-electron chi connectivity index (χ4n) is 1.90. The first-order valence-corrected chi connectivity index (χ1v) is 6.12. The molecular formula is C12H18ClF2N5O. The molecule has 2 heterocycles. The molecule has 0 fully saturated rings. The van der Waals surface area contributed by atoms with Crippen LogP contribution in [0.4, 0.5) is 14.5 Å². The van der Waals surface area contributed by atoms with Crippen LogP contribution in [0.2, 0.25) is 0 Å². The van der Waals surface area contributed by atoms with E-state index in [0.29, 0.717) is 12.4 Å². The second kappa shape index (κ2) is 7.26. The van der Waals surface area contributed by atoms with Gasteiger partial charge >= 0.3 is 0 Å². The van der Waals surface area contributed by atoms with Crippen LogP contribution in [0, 0.1) is 6.92 Å². The van der Waals surface area contributed by atoms with Gasteiger partial charge in [-0.2, -0.15) is 5.10 Å². The summed E-state index contributed by atoms with van der Waals surface area (Å²) in [7, 11) is 3.33. The topological polar surface area (TPSA) is 56.9 Å². The van der Waals surface area contributed by atoms with Gasteiger partial charge in [0.25, 0.3) is 12.3 Å². The lowest BCUT2D eigenvalue weighted by Gasteiger charge is -2.06. The van der Waals surface area contributed by atoms with Crippen molar-refractivity contribution in [2.24, 2.45) is 7.05 Å². The van der Waals surface area contributed by atoms with Gasteiger partial charge in [-0.15, -0.1) is 17.5 Å². The number of hydrogen-bond acceptors (Lipinski definition) is 4. The molecule has 0 saturated carbocycles. The van der Waals surface area contributed by atoms with Gasteiger partial charge in [-0.1, -0.05) is 0 Å². The number of aryl methyl sites for hydroxylation is 1. The van der Waals surface area contributed by atoms with Gasteiger partial charge in [0.15, 0.2) is 0 Å². The summed E-state index contributed by atoms with van der Waals surface area (Å²) in [5.74, 6) is 0.491. The molecule has 2 rings (SSSR count). The Hall–Kier alpha value is -1.83. The number of alkyl halides is 2. The summed E-state index contributed by atoms with van der Waals surface area (Å²) in [6.45, 7) is 1.85. The van der Waals surface area contributed by atoms with E-state index in [-0.39, 0.29) is 19.0 Å². The minimum Gasteiger partial charge on any atom is -0.478 e. The van der Waals surface area contributed by atoms with Crippen molar-refractivity contribution in [1.29, 1.82) is 0 Å². The molecule has 0 aliphatic carbocycles. The maximum Gasteiger partial charge on any atom is 0.257 e. The van der Waals surface area contributed by atoms with Gasteiger partial charge in [0.1, 0.15) is 12.2 Å². The summed E-state index contributed by atoms with van der Waals surface area (Å²) in [4.78, 5) is 0. The highest BCUT2D eigenvalue weighted by Gasteiger charge is 2.12. The average molecular weight is 322 g/mol. The third-order valence-corrected chi connectivity index (χ3v) is 2.97. The van der Waals surface area contributed by atoms with Crippen LogP contribution in [0.25, 0.3) is 0 Å². The Morgan fingerprint density at radius 1 is 1.43 bits per heavy atom. The Kier molecular flexibility index (Phi) is 5.95. The molecular weight excluding hydrogens is 304 g/mol. The number of aromatic nitrogens is 4. The van der Waals surface area contributed by atoms with E-state index in [9.17, 15) is 8.78 Å². The summed E-state index contributed by atoms with van der Waals surface area (Å²) >= 11 is 0. The zero-order valence-corrected chi connectivity index (χ0v) is 12.8. The number of rotatable bonds is 6. The van der Waals surface area contributed by atoms with Crippen LogP contribution in [0.1, 0.15) is 11.3 Å². The predicted molar refractivity (Wildman–Crippen MR) is 77.3 cm³/mol. The third-order valence-electron chi connectivity index (χ3n) is 2.97. The van der Waals surface area contributed by atoms with Gasteiger partial charge in [-0.25, -0.2) is 8.78 Å². The largest absolute Gasteiger partial charge is 0.478 e. The molecule has 0 saturated heterocycles. The fraction of sp³-hybridized carbons (Fsp3) is 0.500. The van der Waals surface area contributed by atoms with Crippen molar-refractivity contribution in [1.82, 2.24) is 19.6 Å². The number of halogens is 3. The molecule has 2 aromatic heterocycles. The first-order chi connectivity index (χ1) is 9.51. The zero-order chi connectivity index (χ0) is 14.7. The number of anilines is 1. The Morgan fingerprint density at radius 2 is 2.14 bits per heavy atom. The molecule has 0 atom stereocenters. The van der Waals surface area contributed by atoms with Crippen LogP contribution in [-0.2, 0) is 20.1 Å². The Labute approximate surface area is 127 Å². The molecule has 9 heteroatoms. The predicted octanol–water partition coefficient (Wildman–Crippen LogP) is 2.23. The molecule has 0 amide bonds. The molecule has 0 aliphatic rings. The third kappa shape index (κ3) is 4.07. The van der Waals surface area contributed by atoms with Crippen LogP contribution in [0.5, 0.6) is 5.88 Å². The number of nitrogens with zero attached hydrogens (tertiary/aromatic N) is 4. The van der Waals surface area contributed by atoms with E-state index in [1.54, 1.807) is 38.2 Å². The monoisotopic (exact) mass is 321 g/mol.